The molecular formula is C20H24O4. The molecule has 0 aromatic heterocycles. The molecule has 0 aliphatic heterocycles. The molecule has 0 saturated heterocycles. The number of ether oxygens (including phenoxy) is 3. The van der Waals surface area contributed by atoms with Gasteiger partial charge in [-0.3, -0.25) is 4.79 Å². The number of hydrogen-bond acceptors (Lipinski definition) is 4. The maximum atomic E-state index is 10.8. The minimum Gasteiger partial charge on any atom is -0.493 e. The van der Waals surface area contributed by atoms with Gasteiger partial charge in [0.1, 0.15) is 12.0 Å². The molecule has 2 aromatic rings. The number of hydrogen-bond donors (Lipinski definition) is 0. The Morgan fingerprint density at radius 2 is 1.67 bits per heavy atom. The molecule has 0 radical (unpaired) electrons. The van der Waals surface area contributed by atoms with Crippen molar-refractivity contribution in [3.63, 3.8) is 0 Å². The van der Waals surface area contributed by atoms with Crippen LogP contribution in [-0.2, 0) is 0 Å². The molecule has 0 atom stereocenters. The van der Waals surface area contributed by atoms with E-state index >= 15 is 0 Å². The molecule has 0 bridgehead atoms. The number of methoxy groups -OCH3 is 1. The lowest BCUT2D eigenvalue weighted by molar-refractivity contribution is 0.112. The van der Waals surface area contributed by atoms with Gasteiger partial charge in [0, 0.05) is 12.0 Å². The summed E-state index contributed by atoms with van der Waals surface area (Å²) in [6.07, 6.45) is 1.54. The van der Waals surface area contributed by atoms with Crippen molar-refractivity contribution in [1.29, 1.82) is 0 Å². The zero-order chi connectivity index (χ0) is 17.4. The predicted octanol–water partition coefficient (Wildman–Crippen LogP) is 4.48. The number of carbonyl (C=O) groups is 1. The minimum absolute atomic E-state index is 0.429. The van der Waals surface area contributed by atoms with Gasteiger partial charge in [-0.05, 0) is 35.7 Å². The van der Waals surface area contributed by atoms with Crippen LogP contribution in [0.5, 0.6) is 17.2 Å². The van der Waals surface area contributed by atoms with Gasteiger partial charge in [-0.15, -0.1) is 0 Å². The monoisotopic (exact) mass is 328 g/mol. The highest BCUT2D eigenvalue weighted by Gasteiger charge is 2.07. The average Bonchev–Trinajstić information content (AvgIpc) is 2.61. The van der Waals surface area contributed by atoms with E-state index in [1.807, 2.05) is 18.2 Å². The molecule has 0 N–H and O–H groups in total. The van der Waals surface area contributed by atoms with Gasteiger partial charge >= 0.3 is 0 Å². The summed E-state index contributed by atoms with van der Waals surface area (Å²) in [4.78, 5) is 10.8. The molecule has 0 heterocycles. The highest BCUT2D eigenvalue weighted by Crippen LogP contribution is 2.28. The third-order valence-electron chi connectivity index (χ3n) is 3.67. The van der Waals surface area contributed by atoms with E-state index in [0.717, 1.165) is 18.5 Å². The predicted molar refractivity (Wildman–Crippen MR) is 94.5 cm³/mol. The number of benzene rings is 2. The highest BCUT2D eigenvalue weighted by molar-refractivity contribution is 5.76. The zero-order valence-corrected chi connectivity index (χ0v) is 14.5. The third kappa shape index (κ3) is 4.75. The fourth-order valence-electron chi connectivity index (χ4n) is 2.39. The SMILES string of the molecule is COc1cc(C=O)ccc1OCCCOc1ccccc1C(C)C. The molecule has 0 aliphatic carbocycles. The van der Waals surface area contributed by atoms with Crippen molar-refractivity contribution in [2.24, 2.45) is 0 Å². The molecule has 4 nitrogen and oxygen atoms in total. The van der Waals surface area contributed by atoms with Crippen LogP contribution >= 0.6 is 0 Å². The van der Waals surface area contributed by atoms with E-state index in [2.05, 4.69) is 19.9 Å². The summed E-state index contributed by atoms with van der Waals surface area (Å²) in [6, 6.07) is 13.2. The summed E-state index contributed by atoms with van der Waals surface area (Å²) in [5.74, 6) is 2.55. The first kappa shape index (κ1) is 17.9. The van der Waals surface area contributed by atoms with E-state index in [1.54, 1.807) is 25.3 Å². The first-order chi connectivity index (χ1) is 11.7. The van der Waals surface area contributed by atoms with E-state index in [1.165, 1.54) is 5.56 Å². The molecule has 2 rings (SSSR count). The van der Waals surface area contributed by atoms with Crippen LogP contribution in [0.4, 0.5) is 0 Å². The molecule has 0 saturated carbocycles. The Labute approximate surface area is 143 Å². The smallest absolute Gasteiger partial charge is 0.161 e. The lowest BCUT2D eigenvalue weighted by atomic mass is 10.0. The topological polar surface area (TPSA) is 44.8 Å². The van der Waals surface area contributed by atoms with Crippen molar-refractivity contribution in [2.75, 3.05) is 20.3 Å². The summed E-state index contributed by atoms with van der Waals surface area (Å²) in [5, 5.41) is 0. The summed E-state index contributed by atoms with van der Waals surface area (Å²) in [5.41, 5.74) is 1.78. The number of rotatable bonds is 9. The fourth-order valence-corrected chi connectivity index (χ4v) is 2.39. The van der Waals surface area contributed by atoms with Gasteiger partial charge in [0.15, 0.2) is 11.5 Å². The quantitative estimate of drug-likeness (QED) is 0.503. The largest absolute Gasteiger partial charge is 0.493 e. The molecule has 0 fully saturated rings. The maximum Gasteiger partial charge on any atom is 0.161 e. The lowest BCUT2D eigenvalue weighted by Gasteiger charge is -2.14. The van der Waals surface area contributed by atoms with Crippen molar-refractivity contribution in [3.8, 4) is 17.2 Å². The average molecular weight is 328 g/mol. The van der Waals surface area contributed by atoms with Crippen LogP contribution < -0.4 is 14.2 Å². The van der Waals surface area contributed by atoms with E-state index in [4.69, 9.17) is 14.2 Å². The van der Waals surface area contributed by atoms with Crippen molar-refractivity contribution in [3.05, 3.63) is 53.6 Å². The standard InChI is InChI=1S/C20H24O4/c1-15(2)17-7-4-5-8-18(17)23-11-6-12-24-19-10-9-16(14-21)13-20(19)22-3/h4-5,7-10,13-15H,6,11-12H2,1-3H3. The normalized spacial score (nSPS) is 10.5. The molecule has 0 aliphatic rings. The molecule has 0 amide bonds. The van der Waals surface area contributed by atoms with E-state index < -0.39 is 0 Å². The van der Waals surface area contributed by atoms with E-state index in [-0.39, 0.29) is 0 Å². The van der Waals surface area contributed by atoms with E-state index in [0.29, 0.717) is 36.2 Å². The van der Waals surface area contributed by atoms with Crippen LogP contribution in [-0.4, -0.2) is 26.6 Å². The Kier molecular flexibility index (Phi) is 6.67. The molecular weight excluding hydrogens is 304 g/mol. The number of carbonyl (C=O) groups excluding carboxylic acids is 1. The fraction of sp³-hybridized carbons (Fsp3) is 0.350. The second kappa shape index (κ2) is 8.96. The van der Waals surface area contributed by atoms with Crippen LogP contribution in [0.25, 0.3) is 0 Å². The second-order valence-corrected chi connectivity index (χ2v) is 5.77. The Morgan fingerprint density at radius 3 is 2.33 bits per heavy atom. The first-order valence-corrected chi connectivity index (χ1v) is 8.13. The van der Waals surface area contributed by atoms with Crippen molar-refractivity contribution in [2.45, 2.75) is 26.2 Å². The highest BCUT2D eigenvalue weighted by atomic mass is 16.5. The Balaban J connectivity index is 1.83. The van der Waals surface area contributed by atoms with Crippen LogP contribution in [0.3, 0.4) is 0 Å². The Morgan fingerprint density at radius 1 is 0.958 bits per heavy atom. The van der Waals surface area contributed by atoms with Gasteiger partial charge in [-0.1, -0.05) is 32.0 Å². The van der Waals surface area contributed by atoms with Gasteiger partial charge in [-0.2, -0.15) is 0 Å². The van der Waals surface area contributed by atoms with Gasteiger partial charge in [0.25, 0.3) is 0 Å². The Hall–Kier alpha value is -2.49. The van der Waals surface area contributed by atoms with Crippen molar-refractivity contribution in [1.82, 2.24) is 0 Å². The second-order valence-electron chi connectivity index (χ2n) is 5.77. The van der Waals surface area contributed by atoms with Gasteiger partial charge in [0.2, 0.25) is 0 Å². The summed E-state index contributed by atoms with van der Waals surface area (Å²) < 4.78 is 16.8. The Bertz CT molecular complexity index is 664. The molecule has 4 heteroatoms. The lowest BCUT2D eigenvalue weighted by Crippen LogP contribution is -2.07. The number of para-hydroxylation sites is 1. The third-order valence-corrected chi connectivity index (χ3v) is 3.67. The molecule has 24 heavy (non-hydrogen) atoms. The van der Waals surface area contributed by atoms with E-state index in [9.17, 15) is 4.79 Å². The van der Waals surface area contributed by atoms with Crippen molar-refractivity contribution < 1.29 is 19.0 Å². The molecule has 2 aromatic carbocycles. The van der Waals surface area contributed by atoms with Gasteiger partial charge in [-0.25, -0.2) is 0 Å². The molecule has 128 valence electrons. The maximum absolute atomic E-state index is 10.8. The van der Waals surface area contributed by atoms with Crippen LogP contribution in [0.2, 0.25) is 0 Å². The zero-order valence-electron chi connectivity index (χ0n) is 14.5. The molecule has 0 spiro atoms. The van der Waals surface area contributed by atoms with Crippen molar-refractivity contribution >= 4 is 6.29 Å². The summed E-state index contributed by atoms with van der Waals surface area (Å²) >= 11 is 0. The molecule has 0 unspecified atom stereocenters. The van der Waals surface area contributed by atoms with Crippen LogP contribution in [0, 0.1) is 0 Å². The first-order valence-electron chi connectivity index (χ1n) is 8.13. The van der Waals surface area contributed by atoms with Gasteiger partial charge in [0.05, 0.1) is 20.3 Å². The van der Waals surface area contributed by atoms with Gasteiger partial charge < -0.3 is 14.2 Å². The minimum atomic E-state index is 0.429. The van der Waals surface area contributed by atoms with Crippen LogP contribution in [0.1, 0.15) is 42.1 Å². The summed E-state index contributed by atoms with van der Waals surface area (Å²) in [6.45, 7) is 5.40. The summed E-state index contributed by atoms with van der Waals surface area (Å²) in [7, 11) is 1.56. The van der Waals surface area contributed by atoms with Crippen LogP contribution in [0.15, 0.2) is 42.5 Å². The number of aldehydes is 1.